The first-order valence-corrected chi connectivity index (χ1v) is 6.85. The maximum absolute atomic E-state index is 10.8. The molecule has 0 radical (unpaired) electrons. The zero-order chi connectivity index (χ0) is 10.5. The minimum Gasteiger partial charge on any atom is -0.311 e. The fourth-order valence-electron chi connectivity index (χ4n) is 0.899. The second kappa shape index (κ2) is 5.17. The van der Waals surface area contributed by atoms with Gasteiger partial charge in [-0.2, -0.15) is 0 Å². The molecule has 0 saturated carbocycles. The number of alkyl halides is 1. The van der Waals surface area contributed by atoms with E-state index in [4.69, 9.17) is 11.6 Å². The fraction of sp³-hybridized carbons (Fsp3) is 1.00. The third kappa shape index (κ3) is 8.53. The summed E-state index contributed by atoms with van der Waals surface area (Å²) in [6.07, 6.45) is 2.07. The van der Waals surface area contributed by atoms with Crippen molar-refractivity contribution in [2.24, 2.45) is 0 Å². The Hall–Kier alpha value is 0.200. The normalized spacial score (nSPS) is 13.2. The lowest BCUT2D eigenvalue weighted by molar-refractivity contribution is 0.389. The Kier molecular flexibility index (Phi) is 5.25. The minimum atomic E-state index is -2.86. The molecule has 0 bridgehead atoms. The summed E-state index contributed by atoms with van der Waals surface area (Å²) < 4.78 is 21.6. The van der Waals surface area contributed by atoms with Gasteiger partial charge in [0.25, 0.3) is 0 Å². The van der Waals surface area contributed by atoms with Gasteiger partial charge in [-0.1, -0.05) is 0 Å². The highest BCUT2D eigenvalue weighted by Gasteiger charge is 2.16. The number of hydrogen-bond acceptors (Lipinski definition) is 3. The summed E-state index contributed by atoms with van der Waals surface area (Å²) in [5.41, 5.74) is -0.0769. The highest BCUT2D eigenvalue weighted by Crippen LogP contribution is 2.08. The third-order valence-corrected chi connectivity index (χ3v) is 2.93. The summed E-state index contributed by atoms with van der Waals surface area (Å²) in [6, 6.07) is 0. The lowest BCUT2D eigenvalue weighted by atomic mass is 10.0. The van der Waals surface area contributed by atoms with Crippen LogP contribution >= 0.6 is 11.6 Å². The molecule has 0 unspecified atom stereocenters. The Labute approximate surface area is 85.8 Å². The number of hydrogen-bond donors (Lipinski definition) is 1. The molecular weight excluding hydrogens is 210 g/mol. The van der Waals surface area contributed by atoms with E-state index < -0.39 is 9.84 Å². The molecule has 0 aromatic heterocycles. The fourth-order valence-corrected chi connectivity index (χ4v) is 1.84. The predicted octanol–water partition coefficient (Wildman–Crippen LogP) is 1.03. The molecule has 1 N–H and O–H groups in total. The van der Waals surface area contributed by atoms with Crippen molar-refractivity contribution in [3.8, 4) is 0 Å². The number of rotatable bonds is 6. The zero-order valence-electron chi connectivity index (χ0n) is 8.43. The van der Waals surface area contributed by atoms with Gasteiger partial charge in [0.15, 0.2) is 0 Å². The molecule has 0 saturated heterocycles. The van der Waals surface area contributed by atoms with Crippen LogP contribution in [0.15, 0.2) is 0 Å². The lowest BCUT2D eigenvalue weighted by Gasteiger charge is -2.25. The second-order valence-electron chi connectivity index (χ2n) is 3.88. The third-order valence-electron chi connectivity index (χ3n) is 1.80. The number of halogens is 1. The standard InChI is InChI=1S/C8H18ClNO2S/c1-8(2,4-5-9)10-6-7-13(3,11)12/h10H,4-7H2,1-3H3. The van der Waals surface area contributed by atoms with Gasteiger partial charge in [0, 0.05) is 24.2 Å². The van der Waals surface area contributed by atoms with Gasteiger partial charge in [-0.3, -0.25) is 0 Å². The van der Waals surface area contributed by atoms with Gasteiger partial charge in [0.1, 0.15) is 9.84 Å². The van der Waals surface area contributed by atoms with Crippen molar-refractivity contribution in [2.45, 2.75) is 25.8 Å². The Bertz CT molecular complexity index is 237. The molecule has 0 fully saturated rings. The van der Waals surface area contributed by atoms with Crippen molar-refractivity contribution in [2.75, 3.05) is 24.4 Å². The van der Waals surface area contributed by atoms with Crippen molar-refractivity contribution in [3.63, 3.8) is 0 Å². The van der Waals surface area contributed by atoms with E-state index >= 15 is 0 Å². The zero-order valence-corrected chi connectivity index (χ0v) is 10.0. The first-order valence-electron chi connectivity index (χ1n) is 4.25. The van der Waals surface area contributed by atoms with Crippen LogP contribution < -0.4 is 5.32 Å². The minimum absolute atomic E-state index is 0.0769. The van der Waals surface area contributed by atoms with E-state index in [1.54, 1.807) is 0 Å². The smallest absolute Gasteiger partial charge is 0.148 e. The Balaban J connectivity index is 3.76. The van der Waals surface area contributed by atoms with E-state index in [1.807, 2.05) is 13.8 Å². The highest BCUT2D eigenvalue weighted by molar-refractivity contribution is 7.90. The molecule has 0 rings (SSSR count). The lowest BCUT2D eigenvalue weighted by Crippen LogP contribution is -2.41. The molecule has 0 amide bonds. The average Bonchev–Trinajstić information content (AvgIpc) is 1.82. The Morgan fingerprint density at radius 3 is 2.31 bits per heavy atom. The second-order valence-corrected chi connectivity index (χ2v) is 6.52. The molecule has 0 heterocycles. The largest absolute Gasteiger partial charge is 0.311 e. The molecule has 3 nitrogen and oxygen atoms in total. The van der Waals surface area contributed by atoms with Gasteiger partial charge >= 0.3 is 0 Å². The van der Waals surface area contributed by atoms with Crippen LogP contribution in [0.3, 0.4) is 0 Å². The summed E-state index contributed by atoms with van der Waals surface area (Å²) in [4.78, 5) is 0. The van der Waals surface area contributed by atoms with Crippen molar-refractivity contribution < 1.29 is 8.42 Å². The van der Waals surface area contributed by atoms with Crippen molar-refractivity contribution in [1.82, 2.24) is 5.32 Å². The number of nitrogens with one attached hydrogen (secondary N) is 1. The first-order chi connectivity index (χ1) is 5.77. The van der Waals surface area contributed by atoms with E-state index in [-0.39, 0.29) is 11.3 Å². The van der Waals surface area contributed by atoms with Crippen molar-refractivity contribution in [1.29, 1.82) is 0 Å². The summed E-state index contributed by atoms with van der Waals surface area (Å²) in [6.45, 7) is 4.51. The van der Waals surface area contributed by atoms with Crippen LogP contribution in [0.4, 0.5) is 0 Å². The van der Waals surface area contributed by atoms with Crippen LogP contribution in [-0.4, -0.2) is 38.4 Å². The highest BCUT2D eigenvalue weighted by atomic mass is 35.5. The van der Waals surface area contributed by atoms with Gasteiger partial charge in [-0.25, -0.2) is 8.42 Å². The van der Waals surface area contributed by atoms with Gasteiger partial charge < -0.3 is 5.32 Å². The monoisotopic (exact) mass is 227 g/mol. The maximum atomic E-state index is 10.8. The molecule has 0 aromatic rings. The molecule has 13 heavy (non-hydrogen) atoms. The van der Waals surface area contributed by atoms with Gasteiger partial charge in [-0.05, 0) is 20.3 Å². The van der Waals surface area contributed by atoms with Gasteiger partial charge in [0.05, 0.1) is 5.75 Å². The molecule has 0 spiro atoms. The maximum Gasteiger partial charge on any atom is 0.148 e. The number of sulfone groups is 1. The van der Waals surface area contributed by atoms with E-state index in [0.717, 1.165) is 6.42 Å². The SMILES string of the molecule is CC(C)(CCCl)NCCS(C)(=O)=O. The summed E-state index contributed by atoms with van der Waals surface area (Å²) >= 11 is 5.60. The first kappa shape index (κ1) is 13.2. The molecule has 0 aliphatic heterocycles. The van der Waals surface area contributed by atoms with Crippen molar-refractivity contribution in [3.05, 3.63) is 0 Å². The van der Waals surface area contributed by atoms with Crippen LogP contribution in [0.1, 0.15) is 20.3 Å². The summed E-state index contributed by atoms with van der Waals surface area (Å²) in [5, 5.41) is 3.15. The van der Waals surface area contributed by atoms with Gasteiger partial charge in [0.2, 0.25) is 0 Å². The summed E-state index contributed by atoms with van der Waals surface area (Å²) in [5.74, 6) is 0.761. The molecule has 0 atom stereocenters. The quantitative estimate of drug-likeness (QED) is 0.690. The van der Waals surface area contributed by atoms with Crippen LogP contribution in [0.2, 0.25) is 0 Å². The van der Waals surface area contributed by atoms with E-state index in [1.165, 1.54) is 6.26 Å². The van der Waals surface area contributed by atoms with Gasteiger partial charge in [-0.15, -0.1) is 11.6 Å². The van der Waals surface area contributed by atoms with Crippen molar-refractivity contribution >= 4 is 21.4 Å². The van der Waals surface area contributed by atoms with Crippen LogP contribution in [0.25, 0.3) is 0 Å². The van der Waals surface area contributed by atoms with Crippen LogP contribution in [0, 0.1) is 0 Å². The van der Waals surface area contributed by atoms with E-state index in [9.17, 15) is 8.42 Å². The molecular formula is C8H18ClNO2S. The average molecular weight is 228 g/mol. The van der Waals surface area contributed by atoms with Crippen LogP contribution in [0.5, 0.6) is 0 Å². The molecule has 5 heteroatoms. The summed E-state index contributed by atoms with van der Waals surface area (Å²) in [7, 11) is -2.86. The van der Waals surface area contributed by atoms with Crippen LogP contribution in [-0.2, 0) is 9.84 Å². The molecule has 0 aliphatic carbocycles. The predicted molar refractivity (Wildman–Crippen MR) is 57.1 cm³/mol. The topological polar surface area (TPSA) is 46.2 Å². The van der Waals surface area contributed by atoms with E-state index in [2.05, 4.69) is 5.32 Å². The Morgan fingerprint density at radius 2 is 1.92 bits per heavy atom. The molecule has 0 aromatic carbocycles. The van der Waals surface area contributed by atoms with E-state index in [0.29, 0.717) is 12.4 Å². The Morgan fingerprint density at radius 1 is 1.38 bits per heavy atom. The molecule has 80 valence electrons. The molecule has 0 aliphatic rings.